The fourth-order valence-electron chi connectivity index (χ4n) is 2.42. The molecule has 1 saturated heterocycles. The van der Waals surface area contributed by atoms with Crippen LogP contribution in [0.2, 0.25) is 5.02 Å². The van der Waals surface area contributed by atoms with E-state index >= 15 is 0 Å². The summed E-state index contributed by atoms with van der Waals surface area (Å²) in [5.41, 5.74) is 0.395. The van der Waals surface area contributed by atoms with Crippen LogP contribution in [0.15, 0.2) is 18.2 Å². The van der Waals surface area contributed by atoms with Crippen molar-refractivity contribution < 1.29 is 14.0 Å². The molecule has 2 N–H and O–H groups in total. The second-order valence-corrected chi connectivity index (χ2v) is 5.99. The molecule has 0 aliphatic carbocycles. The Morgan fingerprint density at radius 2 is 2.19 bits per heavy atom. The molecule has 1 aliphatic heterocycles. The minimum Gasteiger partial charge on any atom is -0.347 e. The molecule has 0 aromatic heterocycles. The van der Waals surface area contributed by atoms with E-state index in [9.17, 15) is 14.0 Å². The standard InChI is InChI=1S/C15H18ClFN2O2/c1-8(2)14(10-4-3-9(16)7-11(10)17)19-15(21)12-5-6-13(20)18-12/h3-4,7-8,12,14H,5-6H2,1-2H3,(H,18,20)(H,19,21)/t12-,14?/m1/s1. The van der Waals surface area contributed by atoms with Gasteiger partial charge in [-0.2, -0.15) is 0 Å². The van der Waals surface area contributed by atoms with E-state index in [1.54, 1.807) is 12.1 Å². The van der Waals surface area contributed by atoms with Crippen molar-refractivity contribution in [3.8, 4) is 0 Å². The van der Waals surface area contributed by atoms with Crippen molar-refractivity contribution in [2.24, 2.45) is 5.92 Å². The smallest absolute Gasteiger partial charge is 0.243 e. The van der Waals surface area contributed by atoms with Crippen molar-refractivity contribution in [3.63, 3.8) is 0 Å². The first-order chi connectivity index (χ1) is 9.88. The highest BCUT2D eigenvalue weighted by atomic mass is 35.5. The number of hydrogen-bond donors (Lipinski definition) is 2. The molecule has 6 heteroatoms. The van der Waals surface area contributed by atoms with Crippen LogP contribution in [-0.2, 0) is 9.59 Å². The highest BCUT2D eigenvalue weighted by Gasteiger charge is 2.30. The summed E-state index contributed by atoms with van der Waals surface area (Å²) in [6.07, 6.45) is 0.818. The molecule has 2 amide bonds. The molecule has 0 spiro atoms. The molecule has 2 atom stereocenters. The maximum absolute atomic E-state index is 14.0. The van der Waals surface area contributed by atoms with E-state index in [2.05, 4.69) is 10.6 Å². The molecular formula is C15H18ClFN2O2. The van der Waals surface area contributed by atoms with Gasteiger partial charge in [-0.15, -0.1) is 0 Å². The van der Waals surface area contributed by atoms with Crippen LogP contribution in [0.4, 0.5) is 4.39 Å². The average Bonchev–Trinajstić information content (AvgIpc) is 2.83. The number of hydrogen-bond acceptors (Lipinski definition) is 2. The van der Waals surface area contributed by atoms with Crippen LogP contribution in [0, 0.1) is 11.7 Å². The molecule has 0 bridgehead atoms. The van der Waals surface area contributed by atoms with Crippen molar-refractivity contribution in [1.29, 1.82) is 0 Å². The first-order valence-corrected chi connectivity index (χ1v) is 7.31. The van der Waals surface area contributed by atoms with Crippen molar-refractivity contribution in [1.82, 2.24) is 10.6 Å². The molecule has 4 nitrogen and oxygen atoms in total. The zero-order valence-corrected chi connectivity index (χ0v) is 12.7. The van der Waals surface area contributed by atoms with Crippen molar-refractivity contribution in [2.75, 3.05) is 0 Å². The Labute approximate surface area is 128 Å². The van der Waals surface area contributed by atoms with Gasteiger partial charge in [-0.1, -0.05) is 31.5 Å². The van der Waals surface area contributed by atoms with E-state index in [0.717, 1.165) is 0 Å². The number of rotatable bonds is 4. The lowest BCUT2D eigenvalue weighted by atomic mass is 9.95. The topological polar surface area (TPSA) is 58.2 Å². The lowest BCUT2D eigenvalue weighted by Crippen LogP contribution is -2.44. The number of amides is 2. The largest absolute Gasteiger partial charge is 0.347 e. The molecule has 2 rings (SSSR count). The Morgan fingerprint density at radius 1 is 1.48 bits per heavy atom. The summed E-state index contributed by atoms with van der Waals surface area (Å²) < 4.78 is 14.0. The third-order valence-corrected chi connectivity index (χ3v) is 3.81. The SMILES string of the molecule is CC(C)C(NC(=O)[C@H]1CCC(=O)N1)c1ccc(Cl)cc1F. The predicted molar refractivity (Wildman–Crippen MR) is 78.3 cm³/mol. The minimum atomic E-state index is -0.533. The Kier molecular flexibility index (Phi) is 4.83. The summed E-state index contributed by atoms with van der Waals surface area (Å²) in [5, 5.41) is 5.74. The lowest BCUT2D eigenvalue weighted by molar-refractivity contribution is -0.126. The molecule has 0 saturated carbocycles. The van der Waals surface area contributed by atoms with Crippen LogP contribution in [0.5, 0.6) is 0 Å². The molecule has 1 heterocycles. The van der Waals surface area contributed by atoms with Crippen LogP contribution < -0.4 is 10.6 Å². The molecule has 114 valence electrons. The van der Waals surface area contributed by atoms with E-state index in [1.807, 2.05) is 13.8 Å². The molecule has 21 heavy (non-hydrogen) atoms. The number of benzene rings is 1. The van der Waals surface area contributed by atoms with E-state index < -0.39 is 17.9 Å². The van der Waals surface area contributed by atoms with Gasteiger partial charge in [-0.25, -0.2) is 4.39 Å². The maximum Gasteiger partial charge on any atom is 0.243 e. The summed E-state index contributed by atoms with van der Waals surface area (Å²) in [4.78, 5) is 23.4. The van der Waals surface area contributed by atoms with Crippen molar-refractivity contribution in [3.05, 3.63) is 34.6 Å². The van der Waals surface area contributed by atoms with Crippen LogP contribution in [-0.4, -0.2) is 17.9 Å². The Balaban J connectivity index is 2.16. The molecule has 1 aliphatic rings. The van der Waals surface area contributed by atoms with Crippen molar-refractivity contribution >= 4 is 23.4 Å². The van der Waals surface area contributed by atoms with Crippen LogP contribution in [0.3, 0.4) is 0 Å². The summed E-state index contributed by atoms with van der Waals surface area (Å²) in [5.74, 6) is -0.860. The van der Waals surface area contributed by atoms with Crippen LogP contribution >= 0.6 is 11.6 Å². The van der Waals surface area contributed by atoms with Gasteiger partial charge in [0, 0.05) is 17.0 Å². The molecule has 0 radical (unpaired) electrons. The second kappa shape index (κ2) is 6.43. The summed E-state index contributed by atoms with van der Waals surface area (Å²) >= 11 is 5.75. The lowest BCUT2D eigenvalue weighted by Gasteiger charge is -2.25. The second-order valence-electron chi connectivity index (χ2n) is 5.55. The normalized spacial score (nSPS) is 19.5. The van der Waals surface area contributed by atoms with Crippen LogP contribution in [0.1, 0.15) is 38.3 Å². The molecule has 1 aromatic rings. The van der Waals surface area contributed by atoms with Gasteiger partial charge in [0.2, 0.25) is 11.8 Å². The monoisotopic (exact) mass is 312 g/mol. The highest BCUT2D eigenvalue weighted by molar-refractivity contribution is 6.30. The molecule has 1 aromatic carbocycles. The number of carbonyl (C=O) groups excluding carboxylic acids is 2. The van der Waals surface area contributed by atoms with E-state index in [0.29, 0.717) is 23.4 Å². The Bertz CT molecular complexity index is 563. The highest BCUT2D eigenvalue weighted by Crippen LogP contribution is 2.26. The third-order valence-electron chi connectivity index (χ3n) is 3.57. The third kappa shape index (κ3) is 3.73. The van der Waals surface area contributed by atoms with E-state index in [4.69, 9.17) is 11.6 Å². The zero-order chi connectivity index (χ0) is 15.6. The summed E-state index contributed by atoms with van der Waals surface area (Å²) in [7, 11) is 0. The molecular weight excluding hydrogens is 295 g/mol. The van der Waals surface area contributed by atoms with Crippen molar-refractivity contribution in [2.45, 2.75) is 38.8 Å². The van der Waals surface area contributed by atoms with Gasteiger partial charge in [-0.05, 0) is 24.5 Å². The molecule has 1 unspecified atom stereocenters. The maximum atomic E-state index is 14.0. The summed E-state index contributed by atoms with van der Waals surface area (Å²) in [6, 6.07) is 3.41. The van der Waals surface area contributed by atoms with Gasteiger partial charge in [0.25, 0.3) is 0 Å². The van der Waals surface area contributed by atoms with Gasteiger partial charge >= 0.3 is 0 Å². The zero-order valence-electron chi connectivity index (χ0n) is 12.0. The fraction of sp³-hybridized carbons (Fsp3) is 0.467. The van der Waals surface area contributed by atoms with Gasteiger partial charge in [-0.3, -0.25) is 9.59 Å². The average molecular weight is 313 g/mol. The number of nitrogens with one attached hydrogen (secondary N) is 2. The Hall–Kier alpha value is -1.62. The molecule has 1 fully saturated rings. The summed E-state index contributed by atoms with van der Waals surface area (Å²) in [6.45, 7) is 3.79. The first-order valence-electron chi connectivity index (χ1n) is 6.93. The first kappa shape index (κ1) is 15.8. The van der Waals surface area contributed by atoms with E-state index in [1.165, 1.54) is 6.07 Å². The minimum absolute atomic E-state index is 0.00160. The number of carbonyl (C=O) groups is 2. The van der Waals surface area contributed by atoms with Gasteiger partial charge in [0.05, 0.1) is 6.04 Å². The Morgan fingerprint density at radius 3 is 2.71 bits per heavy atom. The van der Waals surface area contributed by atoms with E-state index in [-0.39, 0.29) is 17.7 Å². The number of halogens is 2. The quantitative estimate of drug-likeness (QED) is 0.897. The fourth-order valence-corrected chi connectivity index (χ4v) is 2.58. The van der Waals surface area contributed by atoms with Gasteiger partial charge in [0.15, 0.2) is 0 Å². The van der Waals surface area contributed by atoms with Gasteiger partial charge < -0.3 is 10.6 Å². The van der Waals surface area contributed by atoms with Gasteiger partial charge in [0.1, 0.15) is 11.9 Å². The predicted octanol–water partition coefficient (Wildman–Crippen LogP) is 2.57. The van der Waals surface area contributed by atoms with Crippen LogP contribution in [0.25, 0.3) is 0 Å².